The van der Waals surface area contributed by atoms with Gasteiger partial charge in [0.15, 0.2) is 0 Å². The minimum absolute atomic E-state index is 0.206. The second-order valence-electron chi connectivity index (χ2n) is 7.95. The molecule has 0 bridgehead atoms. The molecular weight excluding hydrogens is 402 g/mol. The van der Waals surface area contributed by atoms with Crippen LogP contribution < -0.4 is 11.1 Å². The highest BCUT2D eigenvalue weighted by Crippen LogP contribution is 2.43. The Morgan fingerprint density at radius 2 is 1.90 bits per heavy atom. The number of nitrogens with two attached hydrogens (primary N) is 1. The Labute approximate surface area is 179 Å². The Morgan fingerprint density at radius 1 is 1.10 bits per heavy atom. The van der Waals surface area contributed by atoms with Crippen LogP contribution in [0.2, 0.25) is 5.02 Å². The Morgan fingerprint density at radius 3 is 2.67 bits per heavy atom. The van der Waals surface area contributed by atoms with Gasteiger partial charge in [-0.05, 0) is 55.8 Å². The molecule has 2 aromatic carbocycles. The smallest absolute Gasteiger partial charge is 0.260 e. The maximum absolute atomic E-state index is 12.7. The van der Waals surface area contributed by atoms with Crippen molar-refractivity contribution >= 4 is 40.4 Å². The number of nitrogens with zero attached hydrogens (tertiary/aromatic N) is 1. The molecular formula is C23H22ClN3O3. The summed E-state index contributed by atoms with van der Waals surface area (Å²) in [6.45, 7) is 2.08. The van der Waals surface area contributed by atoms with E-state index < -0.39 is 6.04 Å². The molecule has 0 aromatic heterocycles. The number of benzene rings is 2. The molecule has 2 amide bonds. The van der Waals surface area contributed by atoms with Crippen LogP contribution in [0, 0.1) is 0 Å². The van der Waals surface area contributed by atoms with Crippen LogP contribution in [0.15, 0.2) is 36.4 Å². The molecule has 1 saturated heterocycles. The molecule has 0 saturated carbocycles. The number of halogens is 1. The third kappa shape index (κ3) is 3.16. The molecule has 6 nitrogen and oxygen atoms in total. The van der Waals surface area contributed by atoms with E-state index in [4.69, 9.17) is 22.1 Å². The maximum Gasteiger partial charge on any atom is 0.260 e. The average molecular weight is 424 g/mol. The molecule has 1 fully saturated rings. The number of carbonyl (C=O) groups is 2. The van der Waals surface area contributed by atoms with Crippen molar-refractivity contribution in [1.82, 2.24) is 4.90 Å². The number of hydrogen-bond donors (Lipinski definition) is 2. The predicted octanol–water partition coefficient (Wildman–Crippen LogP) is 3.70. The highest BCUT2D eigenvalue weighted by molar-refractivity contribution is 6.38. The molecule has 30 heavy (non-hydrogen) atoms. The number of ether oxygens (including phenoxy) is 1. The Bertz CT molecular complexity index is 1090. The van der Waals surface area contributed by atoms with Crippen LogP contribution in [0.3, 0.4) is 0 Å². The van der Waals surface area contributed by atoms with Gasteiger partial charge in [0.25, 0.3) is 5.91 Å². The first-order valence-corrected chi connectivity index (χ1v) is 10.6. The first-order valence-electron chi connectivity index (χ1n) is 10.2. The fourth-order valence-electron chi connectivity index (χ4n) is 4.66. The SMILES string of the molecule is NC(=O)C(c1ccc2c(c1)CO/C2=C1/C(=O)Nc2ccc(Cl)cc21)N1CCCCC1. The molecule has 0 radical (unpaired) electrons. The van der Waals surface area contributed by atoms with Crippen LogP contribution in [0.4, 0.5) is 5.69 Å². The molecule has 0 aliphatic carbocycles. The third-order valence-corrected chi connectivity index (χ3v) is 6.28. The number of amides is 2. The number of carbonyl (C=O) groups excluding carboxylic acids is 2. The van der Waals surface area contributed by atoms with Crippen LogP contribution >= 0.6 is 11.6 Å². The van der Waals surface area contributed by atoms with E-state index in [2.05, 4.69) is 10.2 Å². The van der Waals surface area contributed by atoms with Crippen LogP contribution in [-0.2, 0) is 20.9 Å². The predicted molar refractivity (Wildman–Crippen MR) is 115 cm³/mol. The van der Waals surface area contributed by atoms with Gasteiger partial charge < -0.3 is 15.8 Å². The zero-order valence-electron chi connectivity index (χ0n) is 16.4. The second-order valence-corrected chi connectivity index (χ2v) is 8.39. The van der Waals surface area contributed by atoms with Gasteiger partial charge >= 0.3 is 0 Å². The maximum atomic E-state index is 12.7. The summed E-state index contributed by atoms with van der Waals surface area (Å²) in [7, 11) is 0. The van der Waals surface area contributed by atoms with Crippen molar-refractivity contribution in [3.8, 4) is 0 Å². The molecule has 5 rings (SSSR count). The first-order chi connectivity index (χ1) is 14.5. The van der Waals surface area contributed by atoms with Gasteiger partial charge in [0.2, 0.25) is 5.91 Å². The highest BCUT2D eigenvalue weighted by atomic mass is 35.5. The van der Waals surface area contributed by atoms with Crippen molar-refractivity contribution in [2.24, 2.45) is 5.73 Å². The number of piperidine rings is 1. The summed E-state index contributed by atoms with van der Waals surface area (Å²) >= 11 is 6.15. The minimum atomic E-state index is -0.443. The molecule has 3 N–H and O–H groups in total. The standard InChI is InChI=1S/C23H22ClN3O3/c24-15-5-7-18-17(11-15)19(23(29)26-18)21-16-6-4-13(10-14(16)12-30-21)20(22(25)28)27-8-2-1-3-9-27/h4-7,10-11,20H,1-3,8-9,12H2,(H2,25,28)(H,26,29)/b21-19+. The number of likely N-dealkylation sites (tertiary alicyclic amines) is 1. The summed E-state index contributed by atoms with van der Waals surface area (Å²) < 4.78 is 5.96. The lowest BCUT2D eigenvalue weighted by molar-refractivity contribution is -0.123. The Balaban J connectivity index is 1.55. The number of hydrogen-bond acceptors (Lipinski definition) is 4. The van der Waals surface area contributed by atoms with Crippen molar-refractivity contribution < 1.29 is 14.3 Å². The molecule has 154 valence electrons. The van der Waals surface area contributed by atoms with Crippen LogP contribution in [0.25, 0.3) is 11.3 Å². The van der Waals surface area contributed by atoms with E-state index in [0.717, 1.165) is 53.9 Å². The zero-order chi connectivity index (χ0) is 20.8. The largest absolute Gasteiger partial charge is 0.487 e. The monoisotopic (exact) mass is 423 g/mol. The lowest BCUT2D eigenvalue weighted by atomic mass is 9.95. The van der Waals surface area contributed by atoms with Crippen LogP contribution in [0.1, 0.15) is 47.6 Å². The van der Waals surface area contributed by atoms with Crippen LogP contribution in [0.5, 0.6) is 0 Å². The van der Waals surface area contributed by atoms with E-state index in [0.29, 0.717) is 23.0 Å². The molecule has 1 unspecified atom stereocenters. The number of primary amides is 1. The summed E-state index contributed by atoms with van der Waals surface area (Å²) in [6.07, 6.45) is 3.33. The van der Waals surface area contributed by atoms with Gasteiger partial charge in [0.05, 0.1) is 5.57 Å². The van der Waals surface area contributed by atoms with Gasteiger partial charge in [-0.3, -0.25) is 14.5 Å². The van der Waals surface area contributed by atoms with Gasteiger partial charge in [0.1, 0.15) is 18.4 Å². The van der Waals surface area contributed by atoms with E-state index in [9.17, 15) is 9.59 Å². The molecule has 3 aliphatic heterocycles. The Kier molecular flexibility index (Phi) is 4.76. The number of fused-ring (bicyclic) bond motifs is 2. The summed E-state index contributed by atoms with van der Waals surface area (Å²) in [5.41, 5.74) is 10.4. The van der Waals surface area contributed by atoms with Crippen molar-refractivity contribution in [3.05, 3.63) is 63.7 Å². The Hall–Kier alpha value is -2.83. The minimum Gasteiger partial charge on any atom is -0.487 e. The highest BCUT2D eigenvalue weighted by Gasteiger charge is 2.34. The van der Waals surface area contributed by atoms with E-state index in [1.165, 1.54) is 6.42 Å². The number of nitrogens with one attached hydrogen (secondary N) is 1. The van der Waals surface area contributed by atoms with Gasteiger partial charge in [-0.2, -0.15) is 0 Å². The fourth-order valence-corrected chi connectivity index (χ4v) is 4.83. The normalized spacial score (nSPS) is 21.6. The molecule has 7 heteroatoms. The van der Waals surface area contributed by atoms with E-state index in [-0.39, 0.29) is 11.8 Å². The van der Waals surface area contributed by atoms with E-state index in [1.807, 2.05) is 18.2 Å². The second kappa shape index (κ2) is 7.45. The van der Waals surface area contributed by atoms with E-state index >= 15 is 0 Å². The molecule has 3 heterocycles. The van der Waals surface area contributed by atoms with Gasteiger partial charge in [-0.1, -0.05) is 30.2 Å². The molecule has 1 atom stereocenters. The number of anilines is 1. The van der Waals surface area contributed by atoms with Gasteiger partial charge in [-0.25, -0.2) is 0 Å². The molecule has 3 aliphatic rings. The summed E-state index contributed by atoms with van der Waals surface area (Å²) in [4.78, 5) is 27.1. The molecule has 0 spiro atoms. The first kappa shape index (κ1) is 19.2. The van der Waals surface area contributed by atoms with Crippen molar-refractivity contribution in [2.75, 3.05) is 18.4 Å². The van der Waals surface area contributed by atoms with Crippen molar-refractivity contribution in [1.29, 1.82) is 0 Å². The summed E-state index contributed by atoms with van der Waals surface area (Å²) in [5.74, 6) is -0.000676. The number of rotatable bonds is 3. The fraction of sp³-hybridized carbons (Fsp3) is 0.304. The average Bonchev–Trinajstić information content (AvgIpc) is 3.27. The van der Waals surface area contributed by atoms with Gasteiger partial charge in [0, 0.05) is 27.4 Å². The van der Waals surface area contributed by atoms with Crippen molar-refractivity contribution in [2.45, 2.75) is 31.9 Å². The third-order valence-electron chi connectivity index (χ3n) is 6.04. The quantitative estimate of drug-likeness (QED) is 0.737. The molecule has 2 aromatic rings. The van der Waals surface area contributed by atoms with Gasteiger partial charge in [-0.15, -0.1) is 0 Å². The lowest BCUT2D eigenvalue weighted by Gasteiger charge is -2.33. The summed E-state index contributed by atoms with van der Waals surface area (Å²) in [6, 6.07) is 10.7. The zero-order valence-corrected chi connectivity index (χ0v) is 17.2. The lowest BCUT2D eigenvalue weighted by Crippen LogP contribution is -2.40. The topological polar surface area (TPSA) is 84.7 Å². The summed E-state index contributed by atoms with van der Waals surface area (Å²) in [5, 5.41) is 3.42. The van der Waals surface area contributed by atoms with E-state index in [1.54, 1.807) is 18.2 Å². The van der Waals surface area contributed by atoms with Crippen molar-refractivity contribution in [3.63, 3.8) is 0 Å². The van der Waals surface area contributed by atoms with Crippen LogP contribution in [-0.4, -0.2) is 29.8 Å².